The van der Waals surface area contributed by atoms with Gasteiger partial charge in [0.15, 0.2) is 0 Å². The lowest BCUT2D eigenvalue weighted by Crippen LogP contribution is -2.52. The van der Waals surface area contributed by atoms with Gasteiger partial charge in [-0.25, -0.2) is 4.79 Å². The minimum absolute atomic E-state index is 0.0455. The maximum absolute atomic E-state index is 12.9. The number of nitrogens with one attached hydrogen (secondary N) is 1. The van der Waals surface area contributed by atoms with Crippen molar-refractivity contribution in [2.45, 2.75) is 38.1 Å². The number of hydrogen-bond donors (Lipinski definition) is 1. The van der Waals surface area contributed by atoms with Gasteiger partial charge in [-0.1, -0.05) is 29.6 Å². The number of benzene rings is 1. The van der Waals surface area contributed by atoms with E-state index in [0.717, 1.165) is 45.2 Å². The number of methoxy groups -OCH3 is 1. The zero-order valence-corrected chi connectivity index (χ0v) is 17.9. The highest BCUT2D eigenvalue weighted by Gasteiger charge is 2.34. The Labute approximate surface area is 180 Å². The van der Waals surface area contributed by atoms with Gasteiger partial charge < -0.3 is 15.0 Å². The summed E-state index contributed by atoms with van der Waals surface area (Å²) in [5, 5.41) is 3.11. The van der Waals surface area contributed by atoms with E-state index in [9.17, 15) is 14.4 Å². The quantitative estimate of drug-likeness (QED) is 0.709. The van der Waals surface area contributed by atoms with Gasteiger partial charge in [-0.05, 0) is 44.4 Å². The number of carbonyl (C=O) groups is 3. The van der Waals surface area contributed by atoms with Crippen molar-refractivity contribution in [1.82, 2.24) is 9.80 Å². The minimum Gasteiger partial charge on any atom is -0.465 e. The highest BCUT2D eigenvalue weighted by atomic mass is 35.5. The van der Waals surface area contributed by atoms with Crippen LogP contribution in [0.25, 0.3) is 0 Å². The average Bonchev–Trinajstić information content (AvgIpc) is 3.24. The number of piperidine rings is 1. The first-order valence-corrected chi connectivity index (χ1v) is 10.6. The molecule has 2 amide bonds. The van der Waals surface area contributed by atoms with E-state index in [1.165, 1.54) is 19.2 Å². The summed E-state index contributed by atoms with van der Waals surface area (Å²) in [6.45, 7) is 2.30. The fourth-order valence-electron chi connectivity index (χ4n) is 3.94. The molecule has 3 rings (SSSR count). The van der Waals surface area contributed by atoms with Crippen molar-refractivity contribution in [3.8, 4) is 0 Å². The summed E-state index contributed by atoms with van der Waals surface area (Å²) >= 11 is 12.2. The summed E-state index contributed by atoms with van der Waals surface area (Å²) in [5.41, 5.74) is 0.244. The minimum atomic E-state index is -0.648. The first-order valence-electron chi connectivity index (χ1n) is 9.80. The molecule has 2 fully saturated rings. The van der Waals surface area contributed by atoms with Crippen LogP contribution in [0.15, 0.2) is 12.1 Å². The Hall–Kier alpha value is -1.83. The molecule has 158 valence electrons. The number of rotatable bonds is 5. The SMILES string of the molecule is COC(=O)c1cc(Cl)cc(Cl)c1NC(=O)CN1CCCCC1C(=O)N1CCCC1. The second-order valence-electron chi connectivity index (χ2n) is 7.36. The molecule has 1 N–H and O–H groups in total. The molecular weight excluding hydrogens is 417 g/mol. The molecule has 2 heterocycles. The van der Waals surface area contributed by atoms with Gasteiger partial charge in [0.05, 0.1) is 36.0 Å². The Morgan fingerprint density at radius 2 is 1.79 bits per heavy atom. The van der Waals surface area contributed by atoms with Gasteiger partial charge in [0.2, 0.25) is 11.8 Å². The van der Waals surface area contributed by atoms with E-state index in [0.29, 0.717) is 6.54 Å². The van der Waals surface area contributed by atoms with Crippen molar-refractivity contribution in [2.24, 2.45) is 0 Å². The molecule has 9 heteroatoms. The molecule has 7 nitrogen and oxygen atoms in total. The topological polar surface area (TPSA) is 79.0 Å². The number of carbonyl (C=O) groups excluding carboxylic acids is 3. The van der Waals surface area contributed by atoms with E-state index < -0.39 is 5.97 Å². The predicted octanol–water partition coefficient (Wildman–Crippen LogP) is 3.20. The summed E-state index contributed by atoms with van der Waals surface area (Å²) in [7, 11) is 1.24. The third-order valence-corrected chi connectivity index (χ3v) is 5.90. The van der Waals surface area contributed by atoms with Crippen LogP contribution in [0, 0.1) is 0 Å². The van der Waals surface area contributed by atoms with Gasteiger partial charge in [0, 0.05) is 18.1 Å². The molecule has 2 aliphatic rings. The number of hydrogen-bond acceptors (Lipinski definition) is 5. The molecule has 2 saturated heterocycles. The molecule has 1 aromatic rings. The van der Waals surface area contributed by atoms with Crippen LogP contribution in [0.3, 0.4) is 0 Å². The van der Waals surface area contributed by atoms with Gasteiger partial charge >= 0.3 is 5.97 Å². The van der Waals surface area contributed by atoms with Crippen molar-refractivity contribution >= 4 is 46.7 Å². The smallest absolute Gasteiger partial charge is 0.340 e. The Morgan fingerprint density at radius 3 is 2.48 bits per heavy atom. The fourth-order valence-corrected chi connectivity index (χ4v) is 4.48. The summed E-state index contributed by atoms with van der Waals surface area (Å²) in [6.07, 6.45) is 4.72. The van der Waals surface area contributed by atoms with E-state index in [-0.39, 0.29) is 45.7 Å². The van der Waals surface area contributed by atoms with Crippen molar-refractivity contribution in [3.63, 3.8) is 0 Å². The second-order valence-corrected chi connectivity index (χ2v) is 8.21. The molecule has 1 atom stereocenters. The van der Waals surface area contributed by atoms with Gasteiger partial charge in [-0.15, -0.1) is 0 Å². The zero-order chi connectivity index (χ0) is 21.0. The maximum Gasteiger partial charge on any atom is 0.340 e. The third kappa shape index (κ3) is 5.21. The summed E-state index contributed by atoms with van der Waals surface area (Å²) in [6, 6.07) is 2.56. The normalized spacial score (nSPS) is 19.8. The van der Waals surface area contributed by atoms with E-state index in [1.54, 1.807) is 0 Å². The Balaban J connectivity index is 1.72. The lowest BCUT2D eigenvalue weighted by molar-refractivity contribution is -0.137. The molecule has 0 aromatic heterocycles. The number of amides is 2. The predicted molar refractivity (Wildman–Crippen MR) is 111 cm³/mol. The highest BCUT2D eigenvalue weighted by molar-refractivity contribution is 6.37. The van der Waals surface area contributed by atoms with Crippen molar-refractivity contribution in [1.29, 1.82) is 0 Å². The Bertz CT molecular complexity index is 796. The molecule has 0 bridgehead atoms. The summed E-state index contributed by atoms with van der Waals surface area (Å²) < 4.78 is 4.76. The number of likely N-dealkylation sites (tertiary alicyclic amines) is 2. The van der Waals surface area contributed by atoms with Crippen LogP contribution in [0.1, 0.15) is 42.5 Å². The van der Waals surface area contributed by atoms with Crippen LogP contribution in [0.2, 0.25) is 10.0 Å². The molecule has 0 spiro atoms. The van der Waals surface area contributed by atoms with Gasteiger partial charge in [-0.3, -0.25) is 14.5 Å². The monoisotopic (exact) mass is 441 g/mol. The zero-order valence-electron chi connectivity index (χ0n) is 16.4. The first kappa shape index (κ1) is 21.9. The molecule has 1 aromatic carbocycles. The standard InChI is InChI=1S/C20H25Cl2N3O4/c1-29-20(28)14-10-13(21)11-15(22)18(14)23-17(26)12-25-9-3-2-6-16(25)19(27)24-7-4-5-8-24/h10-11,16H,2-9,12H2,1H3,(H,23,26). The van der Waals surface area contributed by atoms with Crippen molar-refractivity contribution in [3.05, 3.63) is 27.7 Å². The third-order valence-electron chi connectivity index (χ3n) is 5.39. The van der Waals surface area contributed by atoms with Crippen LogP contribution < -0.4 is 5.32 Å². The molecule has 29 heavy (non-hydrogen) atoms. The number of esters is 1. The number of nitrogens with zero attached hydrogens (tertiary/aromatic N) is 2. The van der Waals surface area contributed by atoms with Crippen molar-refractivity contribution < 1.29 is 19.1 Å². The maximum atomic E-state index is 12.9. The second kappa shape index (κ2) is 9.78. The van der Waals surface area contributed by atoms with Gasteiger partial charge in [0.1, 0.15) is 0 Å². The molecular formula is C20H25Cl2N3O4. The van der Waals surface area contributed by atoms with E-state index >= 15 is 0 Å². The van der Waals surface area contributed by atoms with Crippen LogP contribution in [0.5, 0.6) is 0 Å². The number of halogens is 2. The largest absolute Gasteiger partial charge is 0.465 e. The lowest BCUT2D eigenvalue weighted by Gasteiger charge is -2.36. The Kier molecular flexibility index (Phi) is 7.38. The molecule has 1 unspecified atom stereocenters. The van der Waals surface area contributed by atoms with Gasteiger partial charge in [-0.2, -0.15) is 0 Å². The van der Waals surface area contributed by atoms with Crippen LogP contribution in [-0.2, 0) is 14.3 Å². The molecule has 0 saturated carbocycles. The average molecular weight is 442 g/mol. The van der Waals surface area contributed by atoms with Crippen LogP contribution in [0.4, 0.5) is 5.69 Å². The van der Waals surface area contributed by atoms with Crippen LogP contribution in [-0.4, -0.2) is 66.9 Å². The lowest BCUT2D eigenvalue weighted by atomic mass is 10.0. The number of anilines is 1. The molecule has 0 radical (unpaired) electrons. The van der Waals surface area contributed by atoms with E-state index in [1.807, 2.05) is 9.80 Å². The highest BCUT2D eigenvalue weighted by Crippen LogP contribution is 2.31. The number of ether oxygens (including phenoxy) is 1. The van der Waals surface area contributed by atoms with Gasteiger partial charge in [0.25, 0.3) is 0 Å². The van der Waals surface area contributed by atoms with E-state index in [2.05, 4.69) is 5.32 Å². The first-order chi connectivity index (χ1) is 13.9. The van der Waals surface area contributed by atoms with E-state index in [4.69, 9.17) is 27.9 Å². The van der Waals surface area contributed by atoms with Crippen LogP contribution >= 0.6 is 23.2 Å². The summed E-state index contributed by atoms with van der Waals surface area (Å²) in [4.78, 5) is 41.5. The molecule has 0 aliphatic carbocycles. The molecule has 2 aliphatic heterocycles. The fraction of sp³-hybridized carbons (Fsp3) is 0.550. The Morgan fingerprint density at radius 1 is 1.10 bits per heavy atom. The van der Waals surface area contributed by atoms with Crippen molar-refractivity contribution in [2.75, 3.05) is 38.6 Å². The summed E-state index contributed by atoms with van der Waals surface area (Å²) in [5.74, 6) is -0.889.